The van der Waals surface area contributed by atoms with Gasteiger partial charge in [-0.15, -0.1) is 4.74 Å². The number of ether oxygens (including phenoxy) is 1. The third-order valence-electron chi connectivity index (χ3n) is 3.95. The van der Waals surface area contributed by atoms with Gasteiger partial charge in [0.1, 0.15) is 11.3 Å². The fraction of sp³-hybridized carbons (Fsp3) is 0.200. The van der Waals surface area contributed by atoms with Crippen LogP contribution in [0.3, 0.4) is 0 Å². The van der Waals surface area contributed by atoms with Crippen LogP contribution in [0.5, 0.6) is 5.75 Å². The van der Waals surface area contributed by atoms with Gasteiger partial charge < -0.3 is 9.26 Å². The Morgan fingerprint density at radius 3 is 2.63 bits per heavy atom. The summed E-state index contributed by atoms with van der Waals surface area (Å²) < 4.78 is 11.1. The maximum absolute atomic E-state index is 12.4. The van der Waals surface area contributed by atoms with Crippen LogP contribution in [-0.4, -0.2) is 22.1 Å². The van der Waals surface area contributed by atoms with Crippen LogP contribution in [-0.2, 0) is 15.0 Å². The van der Waals surface area contributed by atoms with Crippen molar-refractivity contribution in [2.75, 3.05) is 0 Å². The van der Waals surface area contributed by atoms with Gasteiger partial charge in [-0.05, 0) is 24.3 Å². The van der Waals surface area contributed by atoms with Gasteiger partial charge in [0.15, 0.2) is 0 Å². The molecule has 0 fully saturated rings. The van der Waals surface area contributed by atoms with Crippen LogP contribution in [0.4, 0.5) is 0 Å². The molecule has 0 saturated heterocycles. The Bertz CT molecular complexity index is 1120. The number of aromatic nitrogens is 2. The van der Waals surface area contributed by atoms with Crippen molar-refractivity contribution in [1.29, 1.82) is 0 Å². The lowest BCUT2D eigenvalue weighted by atomic mass is 9.88. The number of carbonyl (C=O) groups is 2. The molecule has 2 aromatic heterocycles. The Balaban J connectivity index is 2.14. The first-order valence-corrected chi connectivity index (χ1v) is 8.21. The molecule has 0 spiro atoms. The fourth-order valence-electron chi connectivity index (χ4n) is 2.86. The van der Waals surface area contributed by atoms with Crippen LogP contribution < -0.4 is 10.4 Å². The van der Waals surface area contributed by atoms with Crippen molar-refractivity contribution in [3.63, 3.8) is 0 Å². The molecule has 0 unspecified atom stereocenters. The standard InChI is InChI=1S/C20H18N2O5/c1-5-16(24)26-13-7-9-14-12(10-13)6-8-15(21-14)17-18(20(2,3)4)22(11-23)27-19(17)25/h5-11H,1H2,2-4H3. The molecular formula is C20H18N2O5. The van der Waals surface area contributed by atoms with Gasteiger partial charge in [-0.2, -0.15) is 0 Å². The quantitative estimate of drug-likeness (QED) is 0.305. The molecule has 0 N–H and O–H groups in total. The minimum atomic E-state index is -0.629. The van der Waals surface area contributed by atoms with Gasteiger partial charge in [-0.25, -0.2) is 14.6 Å². The number of hydrogen-bond donors (Lipinski definition) is 0. The van der Waals surface area contributed by atoms with E-state index in [2.05, 4.69) is 11.6 Å². The highest BCUT2D eigenvalue weighted by Gasteiger charge is 2.29. The van der Waals surface area contributed by atoms with Gasteiger partial charge in [0.25, 0.3) is 0 Å². The molecule has 0 aliphatic rings. The summed E-state index contributed by atoms with van der Waals surface area (Å²) in [6, 6.07) is 8.37. The maximum atomic E-state index is 12.4. The number of benzene rings is 1. The zero-order chi connectivity index (χ0) is 19.8. The molecule has 0 amide bonds. The molecule has 0 radical (unpaired) electrons. The first-order chi connectivity index (χ1) is 12.7. The number of carbonyl (C=O) groups excluding carboxylic acids is 2. The van der Waals surface area contributed by atoms with Crippen LogP contribution in [0.25, 0.3) is 22.2 Å². The average molecular weight is 366 g/mol. The average Bonchev–Trinajstić information content (AvgIpc) is 2.98. The number of pyridine rings is 1. The lowest BCUT2D eigenvalue weighted by molar-refractivity contribution is -0.128. The van der Waals surface area contributed by atoms with Crippen LogP contribution in [0.1, 0.15) is 26.5 Å². The highest BCUT2D eigenvalue weighted by molar-refractivity contribution is 5.86. The zero-order valence-electron chi connectivity index (χ0n) is 15.2. The third kappa shape index (κ3) is 3.44. The molecule has 0 saturated carbocycles. The summed E-state index contributed by atoms with van der Waals surface area (Å²) >= 11 is 0. The summed E-state index contributed by atoms with van der Waals surface area (Å²) in [5.74, 6) is -0.189. The lowest BCUT2D eigenvalue weighted by Gasteiger charge is -2.18. The van der Waals surface area contributed by atoms with E-state index in [1.165, 1.54) is 0 Å². The highest BCUT2D eigenvalue weighted by Crippen LogP contribution is 2.31. The smallest absolute Gasteiger partial charge is 0.367 e. The van der Waals surface area contributed by atoms with Crippen molar-refractivity contribution in [2.24, 2.45) is 0 Å². The summed E-state index contributed by atoms with van der Waals surface area (Å²) in [5.41, 5.74) is 0.559. The van der Waals surface area contributed by atoms with E-state index >= 15 is 0 Å². The maximum Gasteiger partial charge on any atom is 0.367 e. The van der Waals surface area contributed by atoms with E-state index in [0.717, 1.165) is 16.2 Å². The Morgan fingerprint density at radius 2 is 2.00 bits per heavy atom. The highest BCUT2D eigenvalue weighted by atomic mass is 16.5. The predicted molar refractivity (Wildman–Crippen MR) is 100 cm³/mol. The van der Waals surface area contributed by atoms with Crippen LogP contribution in [0.2, 0.25) is 0 Å². The van der Waals surface area contributed by atoms with E-state index in [0.29, 0.717) is 29.1 Å². The topological polar surface area (TPSA) is 91.4 Å². The Hall–Kier alpha value is -3.48. The van der Waals surface area contributed by atoms with Crippen molar-refractivity contribution in [3.8, 4) is 17.0 Å². The zero-order valence-corrected chi connectivity index (χ0v) is 15.2. The Kier molecular flexibility index (Phi) is 4.53. The van der Waals surface area contributed by atoms with Crippen LogP contribution in [0.15, 0.2) is 52.3 Å². The van der Waals surface area contributed by atoms with E-state index in [1.54, 1.807) is 30.3 Å². The Morgan fingerprint density at radius 1 is 1.26 bits per heavy atom. The van der Waals surface area contributed by atoms with Crippen molar-refractivity contribution < 1.29 is 18.8 Å². The molecule has 0 atom stereocenters. The van der Waals surface area contributed by atoms with Crippen LogP contribution >= 0.6 is 0 Å². The molecule has 0 aliphatic carbocycles. The van der Waals surface area contributed by atoms with E-state index in [-0.39, 0.29) is 5.56 Å². The van der Waals surface area contributed by atoms with E-state index in [4.69, 9.17) is 9.26 Å². The molecule has 3 aromatic rings. The number of hydrogen-bond acceptors (Lipinski definition) is 6. The summed E-state index contributed by atoms with van der Waals surface area (Å²) in [6.07, 6.45) is 1.54. The predicted octanol–water partition coefficient (Wildman–Crippen LogP) is 3.08. The minimum absolute atomic E-state index is 0.249. The first-order valence-electron chi connectivity index (χ1n) is 8.21. The minimum Gasteiger partial charge on any atom is -0.423 e. The van der Waals surface area contributed by atoms with Gasteiger partial charge in [-0.1, -0.05) is 33.4 Å². The molecule has 7 nitrogen and oxygen atoms in total. The van der Waals surface area contributed by atoms with E-state index in [1.807, 2.05) is 20.8 Å². The van der Waals surface area contributed by atoms with Gasteiger partial charge in [0, 0.05) is 16.9 Å². The summed E-state index contributed by atoms with van der Waals surface area (Å²) in [7, 11) is 0. The van der Waals surface area contributed by atoms with Crippen molar-refractivity contribution >= 4 is 23.3 Å². The van der Waals surface area contributed by atoms with Gasteiger partial charge in [0.05, 0.1) is 16.9 Å². The van der Waals surface area contributed by atoms with Crippen molar-refractivity contribution in [1.82, 2.24) is 9.72 Å². The summed E-state index contributed by atoms with van der Waals surface area (Å²) in [5, 5.41) is 0.727. The second-order valence-corrected chi connectivity index (χ2v) is 6.96. The first kappa shape index (κ1) is 18.3. The largest absolute Gasteiger partial charge is 0.423 e. The van der Waals surface area contributed by atoms with E-state index in [9.17, 15) is 14.4 Å². The Labute approximate surface area is 154 Å². The molecule has 3 rings (SSSR count). The summed E-state index contributed by atoms with van der Waals surface area (Å²) in [6.45, 7) is 8.99. The molecule has 1 aromatic carbocycles. The van der Waals surface area contributed by atoms with Crippen molar-refractivity contribution in [2.45, 2.75) is 26.2 Å². The molecule has 7 heteroatoms. The lowest BCUT2D eigenvalue weighted by Crippen LogP contribution is -2.19. The SMILES string of the molecule is C=CC(=O)Oc1ccc2nc(-c3c(C(C)(C)C)n(C=O)oc3=O)ccc2c1. The molecule has 2 heterocycles. The van der Waals surface area contributed by atoms with E-state index < -0.39 is 17.0 Å². The third-order valence-corrected chi connectivity index (χ3v) is 3.95. The van der Waals surface area contributed by atoms with Gasteiger partial charge >= 0.3 is 11.6 Å². The molecule has 0 aliphatic heterocycles. The van der Waals surface area contributed by atoms with Gasteiger partial charge in [0.2, 0.25) is 6.41 Å². The monoisotopic (exact) mass is 366 g/mol. The number of esters is 1. The second kappa shape index (κ2) is 6.68. The molecule has 27 heavy (non-hydrogen) atoms. The molecule has 138 valence electrons. The number of fused-ring (bicyclic) bond motifs is 1. The van der Waals surface area contributed by atoms with Gasteiger partial charge in [-0.3, -0.25) is 4.79 Å². The van der Waals surface area contributed by atoms with Crippen molar-refractivity contribution in [3.05, 3.63) is 59.1 Å². The van der Waals surface area contributed by atoms with Crippen LogP contribution in [0, 0.1) is 0 Å². The normalized spacial score (nSPS) is 11.4. The summed E-state index contributed by atoms with van der Waals surface area (Å²) in [4.78, 5) is 39.5. The number of rotatable bonds is 4. The number of nitrogens with zero attached hydrogens (tertiary/aromatic N) is 2. The second-order valence-electron chi connectivity index (χ2n) is 6.96. The molecule has 0 bridgehead atoms. The molecular weight excluding hydrogens is 348 g/mol. The fourth-order valence-corrected chi connectivity index (χ4v) is 2.86.